The summed E-state index contributed by atoms with van der Waals surface area (Å²) >= 11 is 0. The quantitative estimate of drug-likeness (QED) is 0.811. The molecule has 0 bridgehead atoms. The van der Waals surface area contributed by atoms with Crippen LogP contribution in [0.25, 0.3) is 0 Å². The molecule has 0 atom stereocenters. The Morgan fingerprint density at radius 1 is 1.42 bits per heavy atom. The lowest BCUT2D eigenvalue weighted by molar-refractivity contribution is 0.378. The molecule has 0 saturated carbocycles. The Hall–Kier alpha value is -1.36. The Morgan fingerprint density at radius 2 is 2.11 bits per heavy atom. The summed E-state index contributed by atoms with van der Waals surface area (Å²) in [6.45, 7) is 11.1. The van der Waals surface area contributed by atoms with E-state index in [0.717, 1.165) is 26.1 Å². The van der Waals surface area contributed by atoms with E-state index < -0.39 is 0 Å². The first kappa shape index (κ1) is 15.7. The maximum absolute atomic E-state index is 12.4. The highest BCUT2D eigenvalue weighted by atomic mass is 16.1. The van der Waals surface area contributed by atoms with Gasteiger partial charge in [0.2, 0.25) is 0 Å². The molecule has 0 aromatic carbocycles. The number of anilines is 1. The lowest BCUT2D eigenvalue weighted by Crippen LogP contribution is -2.42. The normalized spacial score (nSPS) is 11.6. The van der Waals surface area contributed by atoms with Crippen LogP contribution >= 0.6 is 0 Å². The third kappa shape index (κ3) is 4.06. The van der Waals surface area contributed by atoms with Crippen LogP contribution in [0.1, 0.15) is 34.1 Å². The summed E-state index contributed by atoms with van der Waals surface area (Å²) in [6.07, 6.45) is 4.38. The lowest BCUT2D eigenvalue weighted by atomic mass is 9.93. The SMILES string of the molecule is CCCn1ccnc(N(CC)CC(C)(C)CN)c1=O. The molecule has 0 aliphatic carbocycles. The molecule has 1 aromatic heterocycles. The summed E-state index contributed by atoms with van der Waals surface area (Å²) in [6, 6.07) is 0. The molecule has 5 nitrogen and oxygen atoms in total. The Bertz CT molecular complexity index is 453. The van der Waals surface area contributed by atoms with Gasteiger partial charge in [0, 0.05) is 32.0 Å². The molecule has 1 heterocycles. The second kappa shape index (κ2) is 6.70. The minimum absolute atomic E-state index is 0.0148. The van der Waals surface area contributed by atoms with Crippen LogP contribution in [0, 0.1) is 5.41 Å². The third-order valence-corrected chi connectivity index (χ3v) is 3.21. The van der Waals surface area contributed by atoms with Crippen LogP contribution in [0.4, 0.5) is 5.82 Å². The Kier molecular flexibility index (Phi) is 5.54. The van der Waals surface area contributed by atoms with Gasteiger partial charge in [-0.05, 0) is 25.3 Å². The standard InChI is InChI=1S/C14H26N4O/c1-5-8-18-9-7-16-12(13(18)19)17(6-2)11-14(3,4)10-15/h7,9H,5-6,8,10-11,15H2,1-4H3. The number of nitrogens with two attached hydrogens (primary N) is 1. The summed E-state index contributed by atoms with van der Waals surface area (Å²) in [5, 5.41) is 0. The van der Waals surface area contributed by atoms with Crippen LogP contribution in [0.2, 0.25) is 0 Å². The van der Waals surface area contributed by atoms with Crippen molar-refractivity contribution in [2.45, 2.75) is 40.7 Å². The maximum atomic E-state index is 12.4. The molecule has 5 heteroatoms. The number of nitrogens with zero attached hydrogens (tertiary/aromatic N) is 3. The van der Waals surface area contributed by atoms with E-state index in [2.05, 4.69) is 25.8 Å². The van der Waals surface area contributed by atoms with Gasteiger partial charge in [-0.15, -0.1) is 0 Å². The summed E-state index contributed by atoms with van der Waals surface area (Å²) in [5.74, 6) is 0.528. The average molecular weight is 266 g/mol. The molecule has 0 radical (unpaired) electrons. The summed E-state index contributed by atoms with van der Waals surface area (Å²) in [7, 11) is 0. The van der Waals surface area contributed by atoms with Crippen LogP contribution in [-0.4, -0.2) is 29.2 Å². The van der Waals surface area contributed by atoms with Gasteiger partial charge in [-0.3, -0.25) is 4.79 Å². The van der Waals surface area contributed by atoms with Gasteiger partial charge < -0.3 is 15.2 Å². The highest BCUT2D eigenvalue weighted by Crippen LogP contribution is 2.17. The molecular weight excluding hydrogens is 240 g/mol. The van der Waals surface area contributed by atoms with Gasteiger partial charge in [0.25, 0.3) is 5.56 Å². The predicted octanol–water partition coefficient (Wildman–Crippen LogP) is 1.46. The Morgan fingerprint density at radius 3 is 2.63 bits per heavy atom. The second-order valence-corrected chi connectivity index (χ2v) is 5.63. The van der Waals surface area contributed by atoms with E-state index >= 15 is 0 Å². The van der Waals surface area contributed by atoms with E-state index in [9.17, 15) is 4.79 Å². The van der Waals surface area contributed by atoms with Crippen molar-refractivity contribution in [1.29, 1.82) is 0 Å². The zero-order chi connectivity index (χ0) is 14.5. The molecule has 2 N–H and O–H groups in total. The molecule has 0 aliphatic heterocycles. The number of aryl methyl sites for hydroxylation is 1. The molecule has 0 amide bonds. The topological polar surface area (TPSA) is 64.2 Å². The number of hydrogen-bond acceptors (Lipinski definition) is 4. The average Bonchev–Trinajstić information content (AvgIpc) is 2.39. The van der Waals surface area contributed by atoms with Crippen molar-refractivity contribution in [3.05, 3.63) is 22.7 Å². The van der Waals surface area contributed by atoms with Gasteiger partial charge in [-0.25, -0.2) is 4.98 Å². The second-order valence-electron chi connectivity index (χ2n) is 5.63. The fraction of sp³-hybridized carbons (Fsp3) is 0.714. The third-order valence-electron chi connectivity index (χ3n) is 3.21. The first-order chi connectivity index (χ1) is 8.95. The smallest absolute Gasteiger partial charge is 0.293 e. The van der Waals surface area contributed by atoms with Crippen molar-refractivity contribution >= 4 is 5.82 Å². The molecule has 1 aromatic rings. The van der Waals surface area contributed by atoms with Crippen molar-refractivity contribution < 1.29 is 0 Å². The molecule has 19 heavy (non-hydrogen) atoms. The van der Waals surface area contributed by atoms with Gasteiger partial charge in [0.1, 0.15) is 0 Å². The fourth-order valence-corrected chi connectivity index (χ4v) is 1.99. The first-order valence-corrected chi connectivity index (χ1v) is 6.95. The maximum Gasteiger partial charge on any atom is 0.293 e. The highest BCUT2D eigenvalue weighted by molar-refractivity contribution is 5.35. The molecule has 0 spiro atoms. The van der Waals surface area contributed by atoms with Gasteiger partial charge >= 0.3 is 0 Å². The number of aromatic nitrogens is 2. The van der Waals surface area contributed by atoms with Crippen molar-refractivity contribution in [2.75, 3.05) is 24.5 Å². The monoisotopic (exact) mass is 266 g/mol. The van der Waals surface area contributed by atoms with Crippen LogP contribution in [0.15, 0.2) is 17.2 Å². The van der Waals surface area contributed by atoms with Gasteiger partial charge in [-0.1, -0.05) is 20.8 Å². The highest BCUT2D eigenvalue weighted by Gasteiger charge is 2.22. The van der Waals surface area contributed by atoms with E-state index in [1.165, 1.54) is 0 Å². The predicted molar refractivity (Wildman–Crippen MR) is 79.5 cm³/mol. The van der Waals surface area contributed by atoms with Crippen molar-refractivity contribution in [3.8, 4) is 0 Å². The molecule has 0 unspecified atom stereocenters. The summed E-state index contributed by atoms with van der Waals surface area (Å²) < 4.78 is 1.72. The van der Waals surface area contributed by atoms with E-state index in [4.69, 9.17) is 5.73 Å². The van der Waals surface area contributed by atoms with E-state index in [0.29, 0.717) is 12.4 Å². The van der Waals surface area contributed by atoms with Crippen molar-refractivity contribution in [3.63, 3.8) is 0 Å². The Labute approximate surface area is 115 Å². The first-order valence-electron chi connectivity index (χ1n) is 6.95. The molecule has 108 valence electrons. The largest absolute Gasteiger partial charge is 0.352 e. The summed E-state index contributed by atoms with van der Waals surface area (Å²) in [5.41, 5.74) is 5.73. The van der Waals surface area contributed by atoms with E-state index in [1.807, 2.05) is 11.8 Å². The van der Waals surface area contributed by atoms with Crippen LogP contribution in [0.3, 0.4) is 0 Å². The van der Waals surface area contributed by atoms with Crippen LogP contribution in [-0.2, 0) is 6.54 Å². The molecular formula is C14H26N4O. The molecule has 1 rings (SSSR count). The van der Waals surface area contributed by atoms with Gasteiger partial charge in [0.05, 0.1) is 0 Å². The molecule has 0 aliphatic rings. The van der Waals surface area contributed by atoms with Gasteiger partial charge in [-0.2, -0.15) is 0 Å². The Balaban J connectivity index is 3.05. The minimum Gasteiger partial charge on any atom is -0.352 e. The molecule has 0 saturated heterocycles. The van der Waals surface area contributed by atoms with Crippen molar-refractivity contribution in [2.24, 2.45) is 11.1 Å². The fourth-order valence-electron chi connectivity index (χ4n) is 1.99. The zero-order valence-electron chi connectivity index (χ0n) is 12.5. The van der Waals surface area contributed by atoms with Crippen LogP contribution in [0.5, 0.6) is 0 Å². The minimum atomic E-state index is -0.0322. The van der Waals surface area contributed by atoms with Gasteiger partial charge in [0.15, 0.2) is 5.82 Å². The van der Waals surface area contributed by atoms with E-state index in [1.54, 1.807) is 17.0 Å². The zero-order valence-corrected chi connectivity index (χ0v) is 12.5. The van der Waals surface area contributed by atoms with Crippen LogP contribution < -0.4 is 16.2 Å². The van der Waals surface area contributed by atoms with E-state index in [-0.39, 0.29) is 11.0 Å². The number of hydrogen-bond donors (Lipinski definition) is 1. The lowest BCUT2D eigenvalue weighted by Gasteiger charge is -2.31. The summed E-state index contributed by atoms with van der Waals surface area (Å²) in [4.78, 5) is 18.6. The number of rotatable bonds is 7. The van der Waals surface area contributed by atoms with Crippen molar-refractivity contribution in [1.82, 2.24) is 9.55 Å². The molecule has 0 fully saturated rings.